The smallest absolute Gasteiger partial charge is 0.300 e. The summed E-state index contributed by atoms with van der Waals surface area (Å²) < 4.78 is 11.2. The summed E-state index contributed by atoms with van der Waals surface area (Å²) in [6.07, 6.45) is 7.87. The number of ether oxygens (including phenoxy) is 1. The van der Waals surface area contributed by atoms with Gasteiger partial charge in [0, 0.05) is 31.2 Å². The molecular weight excluding hydrogens is 418 g/mol. The third-order valence-corrected chi connectivity index (χ3v) is 5.97. The van der Waals surface area contributed by atoms with E-state index in [-0.39, 0.29) is 12.1 Å². The van der Waals surface area contributed by atoms with E-state index in [4.69, 9.17) is 9.15 Å². The van der Waals surface area contributed by atoms with Gasteiger partial charge in [0.1, 0.15) is 17.4 Å². The number of anilines is 2. The van der Waals surface area contributed by atoms with E-state index in [1.54, 1.807) is 6.20 Å². The van der Waals surface area contributed by atoms with Crippen molar-refractivity contribution in [2.24, 2.45) is 0 Å². The van der Waals surface area contributed by atoms with Gasteiger partial charge < -0.3 is 29.6 Å². The zero-order chi connectivity index (χ0) is 22.2. The topological polar surface area (TPSA) is 82.9 Å². The van der Waals surface area contributed by atoms with Crippen LogP contribution in [0.2, 0.25) is 0 Å². The second kappa shape index (κ2) is 8.14. The van der Waals surface area contributed by atoms with Gasteiger partial charge in [0.05, 0.1) is 13.2 Å². The molecule has 6 rings (SSSR count). The summed E-state index contributed by atoms with van der Waals surface area (Å²) in [5, 5.41) is 6.47. The monoisotopic (exact) mass is 441 g/mol. The number of oxazole rings is 1. The number of amides is 1. The van der Waals surface area contributed by atoms with Gasteiger partial charge in [-0.3, -0.25) is 4.79 Å². The first kappa shape index (κ1) is 19.6. The molecule has 8 nitrogen and oxygen atoms in total. The Kier molecular flexibility index (Phi) is 4.84. The molecule has 4 heterocycles. The number of hydrogen-bond donors (Lipinski definition) is 2. The summed E-state index contributed by atoms with van der Waals surface area (Å²) >= 11 is 0. The molecule has 3 aliphatic rings. The standard InChI is InChI=1S/C25H23N5O3/c31-24(29-10-12-32-13-11-29)21-15-26-23-9-7-18(16-30(21)23)17-6-8-22-20(14-17)28-25(33-22)27-19-4-2-1-3-5-19/h1-9,14-16,23,26H,10-13H2,(H,27,28). The maximum absolute atomic E-state index is 13.1. The van der Waals surface area contributed by atoms with E-state index in [9.17, 15) is 4.79 Å². The van der Waals surface area contributed by atoms with E-state index in [1.165, 1.54) is 0 Å². The van der Waals surface area contributed by atoms with Crippen LogP contribution in [0.25, 0.3) is 16.7 Å². The van der Waals surface area contributed by atoms with Gasteiger partial charge in [-0.1, -0.05) is 30.3 Å². The molecule has 166 valence electrons. The molecule has 2 aromatic carbocycles. The summed E-state index contributed by atoms with van der Waals surface area (Å²) in [5.74, 6) is 0.0165. The fraction of sp³-hybridized carbons (Fsp3) is 0.200. The predicted octanol–water partition coefficient (Wildman–Crippen LogP) is 3.41. The zero-order valence-electron chi connectivity index (χ0n) is 17.9. The molecule has 0 aliphatic carbocycles. The molecule has 33 heavy (non-hydrogen) atoms. The number of fused-ring (bicyclic) bond motifs is 2. The molecule has 0 radical (unpaired) electrons. The number of nitrogens with one attached hydrogen (secondary N) is 2. The first-order valence-corrected chi connectivity index (χ1v) is 11.0. The molecule has 1 amide bonds. The number of aromatic nitrogens is 1. The Balaban J connectivity index is 1.25. The second-order valence-electron chi connectivity index (χ2n) is 8.09. The minimum atomic E-state index is -0.0637. The van der Waals surface area contributed by atoms with Gasteiger partial charge in [0.2, 0.25) is 0 Å². The van der Waals surface area contributed by atoms with Crippen molar-refractivity contribution >= 4 is 34.3 Å². The van der Waals surface area contributed by atoms with Gasteiger partial charge in [0.25, 0.3) is 11.9 Å². The third-order valence-electron chi connectivity index (χ3n) is 5.97. The Labute approximate surface area is 190 Å². The average Bonchev–Trinajstić information content (AvgIpc) is 3.47. The molecule has 3 aliphatic heterocycles. The minimum absolute atomic E-state index is 0.0165. The number of morpholine rings is 1. The van der Waals surface area contributed by atoms with Crippen molar-refractivity contribution in [3.8, 4) is 0 Å². The maximum Gasteiger partial charge on any atom is 0.300 e. The number of carbonyl (C=O) groups excluding carboxylic acids is 1. The van der Waals surface area contributed by atoms with Crippen LogP contribution in [0.15, 0.2) is 83.2 Å². The summed E-state index contributed by atoms with van der Waals surface area (Å²) in [4.78, 5) is 21.5. The maximum atomic E-state index is 13.1. The van der Waals surface area contributed by atoms with Crippen LogP contribution in [0.1, 0.15) is 5.56 Å². The Morgan fingerprint density at radius 3 is 2.82 bits per heavy atom. The lowest BCUT2D eigenvalue weighted by molar-refractivity contribution is -0.132. The van der Waals surface area contributed by atoms with Crippen molar-refractivity contribution in [2.75, 3.05) is 31.6 Å². The molecule has 2 N–H and O–H groups in total. The van der Waals surface area contributed by atoms with Crippen molar-refractivity contribution < 1.29 is 13.9 Å². The quantitative estimate of drug-likeness (QED) is 0.642. The number of allylic oxidation sites excluding steroid dienone is 2. The van der Waals surface area contributed by atoms with Crippen LogP contribution in [0.5, 0.6) is 0 Å². The zero-order valence-corrected chi connectivity index (χ0v) is 17.9. The van der Waals surface area contributed by atoms with Gasteiger partial charge in [0.15, 0.2) is 5.58 Å². The fourth-order valence-electron chi connectivity index (χ4n) is 4.23. The molecule has 1 unspecified atom stereocenters. The van der Waals surface area contributed by atoms with Crippen LogP contribution in [-0.2, 0) is 9.53 Å². The average molecular weight is 441 g/mol. The van der Waals surface area contributed by atoms with E-state index in [0.717, 1.165) is 22.3 Å². The number of benzene rings is 2. The Morgan fingerprint density at radius 2 is 1.97 bits per heavy atom. The number of nitrogens with zero attached hydrogens (tertiary/aromatic N) is 3. The lowest BCUT2D eigenvalue weighted by Crippen LogP contribution is -2.44. The van der Waals surface area contributed by atoms with Gasteiger partial charge in [-0.2, -0.15) is 4.98 Å². The van der Waals surface area contributed by atoms with E-state index < -0.39 is 0 Å². The number of rotatable bonds is 4. The highest BCUT2D eigenvalue weighted by Crippen LogP contribution is 2.31. The predicted molar refractivity (Wildman–Crippen MR) is 125 cm³/mol. The first-order chi connectivity index (χ1) is 16.2. The van der Waals surface area contributed by atoms with Gasteiger partial charge in [-0.25, -0.2) is 0 Å². The molecule has 0 bridgehead atoms. The lowest BCUT2D eigenvalue weighted by atomic mass is 10.0. The molecule has 3 aromatic rings. The number of para-hydroxylation sites is 1. The van der Waals surface area contributed by atoms with Gasteiger partial charge >= 0.3 is 0 Å². The highest BCUT2D eigenvalue weighted by Gasteiger charge is 2.32. The van der Waals surface area contributed by atoms with Crippen LogP contribution in [-0.4, -0.2) is 53.2 Å². The Hall–Kier alpha value is -4.04. The van der Waals surface area contributed by atoms with Crippen molar-refractivity contribution in [1.29, 1.82) is 0 Å². The highest BCUT2D eigenvalue weighted by atomic mass is 16.5. The molecule has 1 saturated heterocycles. The number of carbonyl (C=O) groups is 1. The van der Waals surface area contributed by atoms with Crippen molar-refractivity contribution in [3.05, 3.63) is 84.3 Å². The van der Waals surface area contributed by atoms with Crippen LogP contribution < -0.4 is 10.6 Å². The summed E-state index contributed by atoms with van der Waals surface area (Å²) in [6, 6.07) is 16.2. The van der Waals surface area contributed by atoms with E-state index in [2.05, 4.69) is 27.8 Å². The van der Waals surface area contributed by atoms with Crippen LogP contribution >= 0.6 is 0 Å². The molecule has 1 aromatic heterocycles. The largest absolute Gasteiger partial charge is 0.423 e. The normalized spacial score (nSPS) is 19.7. The first-order valence-electron chi connectivity index (χ1n) is 11.0. The second-order valence-corrected chi connectivity index (χ2v) is 8.09. The van der Waals surface area contributed by atoms with E-state index >= 15 is 0 Å². The van der Waals surface area contributed by atoms with Crippen molar-refractivity contribution in [3.63, 3.8) is 0 Å². The van der Waals surface area contributed by atoms with Crippen molar-refractivity contribution in [2.45, 2.75) is 6.17 Å². The summed E-state index contributed by atoms with van der Waals surface area (Å²) in [5.41, 5.74) is 5.03. The van der Waals surface area contributed by atoms with E-state index in [0.29, 0.717) is 43.6 Å². The number of hydrogen-bond acceptors (Lipinski definition) is 7. The van der Waals surface area contributed by atoms with Crippen LogP contribution in [0.3, 0.4) is 0 Å². The lowest BCUT2D eigenvalue weighted by Gasteiger charge is -2.31. The van der Waals surface area contributed by atoms with Crippen LogP contribution in [0, 0.1) is 0 Å². The molecule has 8 heteroatoms. The SMILES string of the molecule is O=C(C1=CNC2C=CC(c3ccc4oc(Nc5ccccc5)nc4c3)=CN12)N1CCOCC1. The van der Waals surface area contributed by atoms with Gasteiger partial charge in [-0.15, -0.1) is 0 Å². The van der Waals surface area contributed by atoms with E-state index in [1.807, 2.05) is 64.5 Å². The molecule has 1 fully saturated rings. The molecule has 1 atom stereocenters. The van der Waals surface area contributed by atoms with Crippen LogP contribution in [0.4, 0.5) is 11.7 Å². The minimum Gasteiger partial charge on any atom is -0.423 e. The Bertz CT molecular complexity index is 1290. The summed E-state index contributed by atoms with van der Waals surface area (Å²) in [6.45, 7) is 2.39. The molecule has 0 spiro atoms. The Morgan fingerprint density at radius 1 is 1.12 bits per heavy atom. The third kappa shape index (κ3) is 3.74. The fourth-order valence-corrected chi connectivity index (χ4v) is 4.23. The summed E-state index contributed by atoms with van der Waals surface area (Å²) in [7, 11) is 0. The van der Waals surface area contributed by atoms with Gasteiger partial charge in [-0.05, 0) is 41.5 Å². The molecule has 0 saturated carbocycles. The molecular formula is C25H23N5O3. The highest BCUT2D eigenvalue weighted by molar-refractivity contribution is 5.94. The van der Waals surface area contributed by atoms with Crippen molar-refractivity contribution in [1.82, 2.24) is 20.1 Å².